The van der Waals surface area contributed by atoms with Gasteiger partial charge in [-0.05, 0) is 25.3 Å². The van der Waals surface area contributed by atoms with Crippen LogP contribution < -0.4 is 11.1 Å². The van der Waals surface area contributed by atoms with Gasteiger partial charge in [-0.2, -0.15) is 0 Å². The number of rotatable bonds is 6. The molecule has 4 N–H and O–H groups in total. The van der Waals surface area contributed by atoms with Gasteiger partial charge in [-0.1, -0.05) is 30.3 Å². The second-order valence-electron chi connectivity index (χ2n) is 6.02. The summed E-state index contributed by atoms with van der Waals surface area (Å²) in [7, 11) is 0. The zero-order valence-electron chi connectivity index (χ0n) is 14.1. The van der Waals surface area contributed by atoms with Gasteiger partial charge in [0, 0.05) is 6.54 Å². The number of aliphatic hydroxyl groups is 1. The van der Waals surface area contributed by atoms with Gasteiger partial charge in [0.25, 0.3) is 0 Å². The molecule has 0 aromatic heterocycles. The standard InChI is InChI=1S/C17H23N3O5/c1-11(21)14(16(23)20-9-5-8-13(20)15(18)22)19-17(24)25-10-12-6-3-2-4-7-12/h2-4,6-7,11,13-14,21H,5,8-10H2,1H3,(H2,18,22)(H,19,24). The molecule has 1 aromatic carbocycles. The molecule has 25 heavy (non-hydrogen) atoms. The van der Waals surface area contributed by atoms with Gasteiger partial charge >= 0.3 is 6.09 Å². The Balaban J connectivity index is 1.96. The lowest BCUT2D eigenvalue weighted by atomic mass is 10.1. The number of ether oxygens (including phenoxy) is 1. The van der Waals surface area contributed by atoms with Crippen LogP contribution in [0.2, 0.25) is 0 Å². The topological polar surface area (TPSA) is 122 Å². The molecule has 0 bridgehead atoms. The molecule has 1 heterocycles. The first-order valence-electron chi connectivity index (χ1n) is 8.15. The van der Waals surface area contributed by atoms with Crippen molar-refractivity contribution in [2.45, 2.75) is 44.6 Å². The molecule has 8 nitrogen and oxygen atoms in total. The molecule has 8 heteroatoms. The van der Waals surface area contributed by atoms with E-state index in [0.29, 0.717) is 19.4 Å². The molecule has 0 spiro atoms. The van der Waals surface area contributed by atoms with Crippen LogP contribution in [0.5, 0.6) is 0 Å². The lowest BCUT2D eigenvalue weighted by Gasteiger charge is -2.28. The number of likely N-dealkylation sites (tertiary alicyclic amines) is 1. The summed E-state index contributed by atoms with van der Waals surface area (Å²) in [4.78, 5) is 37.3. The summed E-state index contributed by atoms with van der Waals surface area (Å²) in [5.74, 6) is -1.14. The summed E-state index contributed by atoms with van der Waals surface area (Å²) in [5.41, 5.74) is 6.11. The Morgan fingerprint density at radius 3 is 2.64 bits per heavy atom. The van der Waals surface area contributed by atoms with Gasteiger partial charge in [0.2, 0.25) is 11.8 Å². The van der Waals surface area contributed by atoms with Crippen LogP contribution in [0.1, 0.15) is 25.3 Å². The first-order valence-corrected chi connectivity index (χ1v) is 8.15. The van der Waals surface area contributed by atoms with E-state index >= 15 is 0 Å². The van der Waals surface area contributed by atoms with E-state index in [4.69, 9.17) is 10.5 Å². The Morgan fingerprint density at radius 2 is 2.04 bits per heavy atom. The Kier molecular flexibility index (Phi) is 6.35. The Bertz CT molecular complexity index is 620. The molecule has 3 unspecified atom stereocenters. The van der Waals surface area contributed by atoms with Gasteiger partial charge in [-0.15, -0.1) is 0 Å². The smallest absolute Gasteiger partial charge is 0.408 e. The molecule has 3 amide bonds. The van der Waals surface area contributed by atoms with Crippen LogP contribution >= 0.6 is 0 Å². The average Bonchev–Trinajstić information content (AvgIpc) is 3.08. The van der Waals surface area contributed by atoms with Crippen LogP contribution in [0.15, 0.2) is 30.3 Å². The van der Waals surface area contributed by atoms with E-state index in [0.717, 1.165) is 5.56 Å². The molecule has 0 aliphatic carbocycles. The fourth-order valence-electron chi connectivity index (χ4n) is 2.79. The van der Waals surface area contributed by atoms with Gasteiger partial charge < -0.3 is 25.8 Å². The molecular formula is C17H23N3O5. The van der Waals surface area contributed by atoms with E-state index in [9.17, 15) is 19.5 Å². The third-order valence-corrected chi connectivity index (χ3v) is 4.10. The first-order chi connectivity index (χ1) is 11.9. The maximum absolute atomic E-state index is 12.6. The fraction of sp³-hybridized carbons (Fsp3) is 0.471. The summed E-state index contributed by atoms with van der Waals surface area (Å²) < 4.78 is 5.07. The maximum atomic E-state index is 12.6. The number of hydrogen-bond acceptors (Lipinski definition) is 5. The molecule has 2 rings (SSSR count). The predicted octanol–water partition coefficient (Wildman–Crippen LogP) is 0.139. The van der Waals surface area contributed by atoms with Crippen LogP contribution in [0.3, 0.4) is 0 Å². The third-order valence-electron chi connectivity index (χ3n) is 4.10. The van der Waals surface area contributed by atoms with Crippen LogP contribution in [0.4, 0.5) is 4.79 Å². The third kappa shape index (κ3) is 4.93. The number of nitrogens with zero attached hydrogens (tertiary/aromatic N) is 1. The lowest BCUT2D eigenvalue weighted by Crippen LogP contribution is -2.56. The van der Waals surface area contributed by atoms with Gasteiger partial charge in [0.15, 0.2) is 0 Å². The van der Waals surface area contributed by atoms with E-state index < -0.39 is 36.1 Å². The molecule has 1 saturated heterocycles. The second-order valence-corrected chi connectivity index (χ2v) is 6.02. The van der Waals surface area contributed by atoms with Gasteiger partial charge in [-0.25, -0.2) is 4.79 Å². The van der Waals surface area contributed by atoms with E-state index in [1.807, 2.05) is 18.2 Å². The molecule has 136 valence electrons. The van der Waals surface area contributed by atoms with Crippen molar-refractivity contribution >= 4 is 17.9 Å². The largest absolute Gasteiger partial charge is 0.445 e. The van der Waals surface area contributed by atoms with Crippen molar-refractivity contribution in [3.63, 3.8) is 0 Å². The minimum absolute atomic E-state index is 0.0427. The summed E-state index contributed by atoms with van der Waals surface area (Å²) in [5, 5.41) is 12.2. The fourth-order valence-corrected chi connectivity index (χ4v) is 2.79. The molecule has 0 saturated carbocycles. The summed E-state index contributed by atoms with van der Waals surface area (Å²) in [6.07, 6.45) is -0.847. The summed E-state index contributed by atoms with van der Waals surface area (Å²) >= 11 is 0. The van der Waals surface area contributed by atoms with Crippen molar-refractivity contribution in [3.8, 4) is 0 Å². The number of hydrogen-bond donors (Lipinski definition) is 3. The van der Waals surface area contributed by atoms with Crippen molar-refractivity contribution < 1.29 is 24.2 Å². The number of nitrogens with two attached hydrogens (primary N) is 1. The van der Waals surface area contributed by atoms with Crippen molar-refractivity contribution in [1.29, 1.82) is 0 Å². The Labute approximate surface area is 145 Å². The SMILES string of the molecule is CC(O)C(NC(=O)OCc1ccccc1)C(=O)N1CCCC1C(N)=O. The highest BCUT2D eigenvalue weighted by atomic mass is 16.5. The minimum Gasteiger partial charge on any atom is -0.445 e. The van der Waals surface area contributed by atoms with E-state index in [2.05, 4.69) is 5.32 Å². The average molecular weight is 349 g/mol. The highest BCUT2D eigenvalue weighted by molar-refractivity contribution is 5.91. The van der Waals surface area contributed by atoms with Gasteiger partial charge in [0.05, 0.1) is 6.10 Å². The normalized spacial score (nSPS) is 19.1. The number of nitrogens with one attached hydrogen (secondary N) is 1. The Morgan fingerprint density at radius 1 is 1.36 bits per heavy atom. The lowest BCUT2D eigenvalue weighted by molar-refractivity contribution is -0.141. The van der Waals surface area contributed by atoms with Crippen molar-refractivity contribution in [3.05, 3.63) is 35.9 Å². The molecule has 1 aliphatic rings. The van der Waals surface area contributed by atoms with E-state index in [1.165, 1.54) is 11.8 Å². The predicted molar refractivity (Wildman–Crippen MR) is 89.2 cm³/mol. The summed E-state index contributed by atoms with van der Waals surface area (Å²) in [6, 6.07) is 7.15. The maximum Gasteiger partial charge on any atom is 0.408 e. The van der Waals surface area contributed by atoms with Crippen molar-refractivity contribution in [2.75, 3.05) is 6.54 Å². The number of alkyl carbamates (subject to hydrolysis) is 1. The molecule has 1 aromatic rings. The number of carbonyl (C=O) groups excluding carboxylic acids is 3. The zero-order valence-corrected chi connectivity index (χ0v) is 14.1. The van der Waals surface area contributed by atoms with E-state index in [1.54, 1.807) is 12.1 Å². The molecule has 3 atom stereocenters. The van der Waals surface area contributed by atoms with Crippen LogP contribution in [-0.4, -0.2) is 52.6 Å². The van der Waals surface area contributed by atoms with Crippen molar-refractivity contribution in [2.24, 2.45) is 5.73 Å². The number of amides is 3. The highest BCUT2D eigenvalue weighted by Gasteiger charge is 2.38. The number of carbonyl (C=O) groups is 3. The number of aliphatic hydroxyl groups excluding tert-OH is 1. The van der Waals surface area contributed by atoms with Crippen molar-refractivity contribution in [1.82, 2.24) is 10.2 Å². The number of primary amides is 1. The summed E-state index contributed by atoms with van der Waals surface area (Å²) in [6.45, 7) is 1.78. The zero-order chi connectivity index (χ0) is 18.4. The molecule has 1 aliphatic heterocycles. The first kappa shape index (κ1) is 18.7. The minimum atomic E-state index is -1.21. The van der Waals surface area contributed by atoms with Gasteiger partial charge in [0.1, 0.15) is 18.7 Å². The molecular weight excluding hydrogens is 326 g/mol. The van der Waals surface area contributed by atoms with Crippen LogP contribution in [0, 0.1) is 0 Å². The van der Waals surface area contributed by atoms with Crippen LogP contribution in [0.25, 0.3) is 0 Å². The van der Waals surface area contributed by atoms with E-state index in [-0.39, 0.29) is 6.61 Å². The molecule has 1 fully saturated rings. The second kappa shape index (κ2) is 8.48. The highest BCUT2D eigenvalue weighted by Crippen LogP contribution is 2.18. The Hall–Kier alpha value is -2.61. The quantitative estimate of drug-likeness (QED) is 0.674. The molecule has 0 radical (unpaired) electrons. The van der Waals surface area contributed by atoms with Crippen LogP contribution in [-0.2, 0) is 20.9 Å². The number of benzene rings is 1. The van der Waals surface area contributed by atoms with Gasteiger partial charge in [-0.3, -0.25) is 9.59 Å². The monoisotopic (exact) mass is 349 g/mol.